The zero-order chi connectivity index (χ0) is 23.6. The van der Waals surface area contributed by atoms with Gasteiger partial charge in [0.25, 0.3) is 0 Å². The van der Waals surface area contributed by atoms with Crippen molar-refractivity contribution in [3.8, 4) is 5.75 Å². The number of furan rings is 1. The standard InChI is InChI=1S/C27H30N2O4/c1-4-16-28(26(30)17-22-11-14-24(32-3)15-12-22)20-27(31)29(18-23-8-6-5-7-9-23)19-25-13-10-21(2)33-25/h4-15H,1,16-20H2,2-3H3. The molecule has 2 amide bonds. The van der Waals surface area contributed by atoms with Crippen LogP contribution in [0.5, 0.6) is 5.75 Å². The average molecular weight is 447 g/mol. The first-order chi connectivity index (χ1) is 16.0. The molecule has 0 saturated carbocycles. The van der Waals surface area contributed by atoms with Crippen molar-refractivity contribution in [1.29, 1.82) is 0 Å². The third-order valence-corrected chi connectivity index (χ3v) is 5.25. The Labute approximate surface area is 195 Å². The molecule has 3 aromatic rings. The Kier molecular flexibility index (Phi) is 8.47. The van der Waals surface area contributed by atoms with E-state index in [9.17, 15) is 9.59 Å². The van der Waals surface area contributed by atoms with Gasteiger partial charge in [0, 0.05) is 13.1 Å². The summed E-state index contributed by atoms with van der Waals surface area (Å²) < 4.78 is 10.9. The lowest BCUT2D eigenvalue weighted by atomic mass is 10.1. The average Bonchev–Trinajstić information content (AvgIpc) is 3.24. The lowest BCUT2D eigenvalue weighted by molar-refractivity contribution is -0.140. The minimum absolute atomic E-state index is 0.0342. The second-order valence-corrected chi connectivity index (χ2v) is 7.84. The van der Waals surface area contributed by atoms with E-state index in [1.807, 2.05) is 73.7 Å². The second-order valence-electron chi connectivity index (χ2n) is 7.84. The number of hydrogen-bond acceptors (Lipinski definition) is 4. The molecule has 6 nitrogen and oxygen atoms in total. The molecular formula is C27H30N2O4. The highest BCUT2D eigenvalue weighted by atomic mass is 16.5. The molecule has 1 heterocycles. The smallest absolute Gasteiger partial charge is 0.242 e. The van der Waals surface area contributed by atoms with E-state index in [0.717, 1.165) is 22.6 Å². The molecule has 0 bridgehead atoms. The third kappa shape index (κ3) is 7.10. The van der Waals surface area contributed by atoms with Gasteiger partial charge in [-0.05, 0) is 42.3 Å². The molecule has 0 aliphatic rings. The summed E-state index contributed by atoms with van der Waals surface area (Å²) in [4.78, 5) is 29.6. The highest BCUT2D eigenvalue weighted by molar-refractivity contribution is 5.86. The zero-order valence-corrected chi connectivity index (χ0v) is 19.2. The van der Waals surface area contributed by atoms with E-state index in [2.05, 4.69) is 6.58 Å². The number of aryl methyl sites for hydroxylation is 1. The van der Waals surface area contributed by atoms with Gasteiger partial charge in [-0.25, -0.2) is 0 Å². The predicted molar refractivity (Wildman–Crippen MR) is 128 cm³/mol. The molecule has 172 valence electrons. The fourth-order valence-electron chi connectivity index (χ4n) is 3.50. The van der Waals surface area contributed by atoms with Crippen molar-refractivity contribution in [3.63, 3.8) is 0 Å². The van der Waals surface area contributed by atoms with E-state index in [1.165, 1.54) is 4.90 Å². The van der Waals surface area contributed by atoms with Crippen LogP contribution in [0.1, 0.15) is 22.6 Å². The minimum atomic E-state index is -0.155. The molecule has 0 aliphatic carbocycles. The largest absolute Gasteiger partial charge is 0.497 e. The molecule has 0 unspecified atom stereocenters. The Morgan fingerprint density at radius 3 is 2.24 bits per heavy atom. The third-order valence-electron chi connectivity index (χ3n) is 5.25. The minimum Gasteiger partial charge on any atom is -0.497 e. The molecule has 0 spiro atoms. The summed E-state index contributed by atoms with van der Waals surface area (Å²) in [7, 11) is 1.60. The predicted octanol–water partition coefficient (Wildman–Crippen LogP) is 4.38. The fraction of sp³-hybridized carbons (Fsp3) is 0.259. The quantitative estimate of drug-likeness (QED) is 0.410. The number of carbonyl (C=O) groups excluding carboxylic acids is 2. The van der Waals surface area contributed by atoms with Crippen molar-refractivity contribution >= 4 is 11.8 Å². The van der Waals surface area contributed by atoms with E-state index in [1.54, 1.807) is 18.1 Å². The Morgan fingerprint density at radius 2 is 1.64 bits per heavy atom. The maximum absolute atomic E-state index is 13.3. The number of rotatable bonds is 11. The molecule has 0 saturated heterocycles. The zero-order valence-electron chi connectivity index (χ0n) is 19.2. The number of carbonyl (C=O) groups is 2. The van der Waals surface area contributed by atoms with Gasteiger partial charge >= 0.3 is 0 Å². The van der Waals surface area contributed by atoms with Crippen LogP contribution in [0.2, 0.25) is 0 Å². The van der Waals surface area contributed by atoms with Crippen molar-refractivity contribution in [1.82, 2.24) is 9.80 Å². The van der Waals surface area contributed by atoms with Crippen molar-refractivity contribution in [2.75, 3.05) is 20.2 Å². The monoisotopic (exact) mass is 446 g/mol. The van der Waals surface area contributed by atoms with Crippen molar-refractivity contribution in [3.05, 3.63) is 102 Å². The summed E-state index contributed by atoms with van der Waals surface area (Å²) in [6.07, 6.45) is 1.83. The summed E-state index contributed by atoms with van der Waals surface area (Å²) in [6, 6.07) is 20.9. The van der Waals surface area contributed by atoms with Gasteiger partial charge in [-0.2, -0.15) is 0 Å². The van der Waals surface area contributed by atoms with Gasteiger partial charge in [-0.15, -0.1) is 6.58 Å². The Hall–Kier alpha value is -3.80. The fourth-order valence-corrected chi connectivity index (χ4v) is 3.50. The summed E-state index contributed by atoms with van der Waals surface area (Å²) in [5, 5.41) is 0. The van der Waals surface area contributed by atoms with Crippen molar-refractivity contribution in [2.45, 2.75) is 26.4 Å². The van der Waals surface area contributed by atoms with Gasteiger partial charge in [-0.1, -0.05) is 48.5 Å². The lowest BCUT2D eigenvalue weighted by Gasteiger charge is -2.27. The van der Waals surface area contributed by atoms with E-state index in [4.69, 9.17) is 9.15 Å². The van der Waals surface area contributed by atoms with Gasteiger partial charge in [0.1, 0.15) is 23.8 Å². The van der Waals surface area contributed by atoms with Crippen molar-refractivity contribution in [2.24, 2.45) is 0 Å². The van der Waals surface area contributed by atoms with Gasteiger partial charge in [-0.3, -0.25) is 9.59 Å². The van der Waals surface area contributed by atoms with E-state index >= 15 is 0 Å². The molecule has 0 N–H and O–H groups in total. The van der Waals surface area contributed by atoms with Gasteiger partial charge in [0.2, 0.25) is 11.8 Å². The summed E-state index contributed by atoms with van der Waals surface area (Å²) in [6.45, 7) is 6.64. The van der Waals surface area contributed by atoms with Gasteiger partial charge < -0.3 is 19.0 Å². The number of benzene rings is 2. The van der Waals surface area contributed by atoms with Crippen LogP contribution in [-0.2, 0) is 29.1 Å². The van der Waals surface area contributed by atoms with Gasteiger partial charge in [0.15, 0.2) is 0 Å². The first-order valence-electron chi connectivity index (χ1n) is 10.9. The molecule has 6 heteroatoms. The number of ether oxygens (including phenoxy) is 1. The highest BCUT2D eigenvalue weighted by Gasteiger charge is 2.22. The van der Waals surface area contributed by atoms with Gasteiger partial charge in [0.05, 0.1) is 20.1 Å². The second kappa shape index (κ2) is 11.7. The lowest BCUT2D eigenvalue weighted by Crippen LogP contribution is -2.43. The number of nitrogens with zero attached hydrogens (tertiary/aromatic N) is 2. The van der Waals surface area contributed by atoms with E-state index < -0.39 is 0 Å². The van der Waals surface area contributed by atoms with E-state index in [0.29, 0.717) is 25.4 Å². The molecule has 0 atom stereocenters. The molecule has 0 radical (unpaired) electrons. The van der Waals surface area contributed by atoms with Crippen LogP contribution in [-0.4, -0.2) is 41.8 Å². The molecule has 33 heavy (non-hydrogen) atoms. The summed E-state index contributed by atoms with van der Waals surface area (Å²) in [5.74, 6) is 1.94. The molecular weight excluding hydrogens is 416 g/mol. The number of methoxy groups -OCH3 is 1. The highest BCUT2D eigenvalue weighted by Crippen LogP contribution is 2.15. The van der Waals surface area contributed by atoms with Crippen molar-refractivity contribution < 1.29 is 18.7 Å². The Morgan fingerprint density at radius 1 is 0.909 bits per heavy atom. The summed E-state index contributed by atoms with van der Waals surface area (Å²) >= 11 is 0. The topological polar surface area (TPSA) is 63.0 Å². The first kappa shape index (κ1) is 23.9. The number of amides is 2. The molecule has 1 aromatic heterocycles. The summed E-state index contributed by atoms with van der Waals surface area (Å²) in [5.41, 5.74) is 1.86. The Bertz CT molecular complexity index is 1060. The van der Waals surface area contributed by atoms with Crippen LogP contribution in [0.3, 0.4) is 0 Å². The number of hydrogen-bond donors (Lipinski definition) is 0. The van der Waals surface area contributed by atoms with Crippen LogP contribution < -0.4 is 4.74 Å². The first-order valence-corrected chi connectivity index (χ1v) is 10.9. The molecule has 2 aromatic carbocycles. The molecule has 0 aliphatic heterocycles. The maximum Gasteiger partial charge on any atom is 0.242 e. The van der Waals surface area contributed by atoms with Crippen LogP contribution >= 0.6 is 0 Å². The van der Waals surface area contributed by atoms with E-state index in [-0.39, 0.29) is 24.8 Å². The normalized spacial score (nSPS) is 10.5. The Balaban J connectivity index is 1.72. The van der Waals surface area contributed by atoms with Crippen LogP contribution in [0, 0.1) is 6.92 Å². The maximum atomic E-state index is 13.3. The van der Waals surface area contributed by atoms with Crippen LogP contribution in [0.15, 0.2) is 83.8 Å². The van der Waals surface area contributed by atoms with Crippen LogP contribution in [0.25, 0.3) is 0 Å². The molecule has 3 rings (SSSR count). The SMILES string of the molecule is C=CCN(CC(=O)N(Cc1ccccc1)Cc1ccc(C)o1)C(=O)Cc1ccc(OC)cc1. The molecule has 0 fully saturated rings. The van der Waals surface area contributed by atoms with Crippen LogP contribution in [0.4, 0.5) is 0 Å².